The minimum Gasteiger partial charge on any atom is -0.348 e. The van der Waals surface area contributed by atoms with E-state index >= 15 is 0 Å². The van der Waals surface area contributed by atoms with Gasteiger partial charge < -0.3 is 14.9 Å². The summed E-state index contributed by atoms with van der Waals surface area (Å²) in [7, 11) is 0. The molecule has 0 amide bonds. The monoisotopic (exact) mass is 477 g/mol. The molecule has 0 bridgehead atoms. The Morgan fingerprint density at radius 2 is 1.69 bits per heavy atom. The van der Waals surface area contributed by atoms with Gasteiger partial charge in [0.2, 0.25) is 0 Å². The van der Waals surface area contributed by atoms with Crippen LogP contribution in [-0.4, -0.2) is 60.8 Å². The van der Waals surface area contributed by atoms with Gasteiger partial charge in [-0.2, -0.15) is 0 Å². The highest BCUT2D eigenvalue weighted by Gasteiger charge is 2.22. The van der Waals surface area contributed by atoms with Gasteiger partial charge in [0.1, 0.15) is 11.6 Å². The third-order valence-electron chi connectivity index (χ3n) is 7.09. The van der Waals surface area contributed by atoms with Crippen molar-refractivity contribution in [2.45, 2.75) is 78.7 Å². The Bertz CT molecular complexity index is 977. The number of nitrogens with one attached hydrogen (secondary N) is 2. The molecule has 3 aromatic rings. The van der Waals surface area contributed by atoms with Crippen LogP contribution in [0.25, 0.3) is 0 Å². The number of imidazole rings is 2. The van der Waals surface area contributed by atoms with Gasteiger partial charge in [-0.25, -0.2) is 9.97 Å². The first-order valence-corrected chi connectivity index (χ1v) is 13.4. The molecule has 1 aliphatic rings. The van der Waals surface area contributed by atoms with Crippen molar-refractivity contribution < 1.29 is 0 Å². The SMILES string of the molecule is CCCN(CCC)CCCCN1Cc2ccc(CN(Cc3ncc[nH]3)C(C)c3ncc[nH]3)cc2C1. The molecule has 0 saturated carbocycles. The summed E-state index contributed by atoms with van der Waals surface area (Å²) < 4.78 is 0. The average molecular weight is 478 g/mol. The van der Waals surface area contributed by atoms with Crippen molar-refractivity contribution in [3.63, 3.8) is 0 Å². The molecule has 7 nitrogen and oxygen atoms in total. The molecule has 0 saturated heterocycles. The number of benzene rings is 1. The first kappa shape index (κ1) is 25.6. The van der Waals surface area contributed by atoms with Crippen LogP contribution in [0.5, 0.6) is 0 Å². The van der Waals surface area contributed by atoms with E-state index < -0.39 is 0 Å². The third-order valence-corrected chi connectivity index (χ3v) is 7.09. The Morgan fingerprint density at radius 1 is 0.914 bits per heavy atom. The molecule has 7 heteroatoms. The summed E-state index contributed by atoms with van der Waals surface area (Å²) in [6.45, 7) is 15.5. The first-order chi connectivity index (χ1) is 17.2. The summed E-state index contributed by atoms with van der Waals surface area (Å²) in [5, 5.41) is 0. The molecule has 35 heavy (non-hydrogen) atoms. The number of hydrogen-bond acceptors (Lipinski definition) is 5. The summed E-state index contributed by atoms with van der Waals surface area (Å²) in [6.07, 6.45) is 12.5. The zero-order valence-corrected chi connectivity index (χ0v) is 21.8. The topological polar surface area (TPSA) is 67.1 Å². The molecule has 1 aliphatic heterocycles. The molecule has 190 valence electrons. The highest BCUT2D eigenvalue weighted by atomic mass is 15.2. The van der Waals surface area contributed by atoms with Gasteiger partial charge in [-0.15, -0.1) is 0 Å². The lowest BCUT2D eigenvalue weighted by Crippen LogP contribution is -2.27. The molecule has 4 rings (SSSR count). The van der Waals surface area contributed by atoms with Crippen LogP contribution in [-0.2, 0) is 26.2 Å². The number of rotatable bonds is 15. The van der Waals surface area contributed by atoms with Gasteiger partial charge in [-0.1, -0.05) is 32.0 Å². The molecule has 2 aromatic heterocycles. The smallest absolute Gasteiger partial charge is 0.123 e. The molecular formula is C28H43N7. The van der Waals surface area contributed by atoms with Crippen molar-refractivity contribution in [3.05, 3.63) is 71.3 Å². The zero-order chi connectivity index (χ0) is 24.5. The third kappa shape index (κ3) is 7.26. The maximum Gasteiger partial charge on any atom is 0.123 e. The number of unbranched alkanes of at least 4 members (excludes halogenated alkanes) is 1. The Labute approximate surface area is 211 Å². The molecule has 0 radical (unpaired) electrons. The van der Waals surface area contributed by atoms with Crippen LogP contribution in [0, 0.1) is 0 Å². The van der Waals surface area contributed by atoms with Gasteiger partial charge in [-0.3, -0.25) is 9.80 Å². The molecule has 3 heterocycles. The summed E-state index contributed by atoms with van der Waals surface area (Å²) in [5.74, 6) is 1.97. The molecule has 2 N–H and O–H groups in total. The Kier molecular flexibility index (Phi) is 9.51. The van der Waals surface area contributed by atoms with Crippen LogP contribution in [0.15, 0.2) is 43.0 Å². The Hall–Kier alpha value is -2.48. The van der Waals surface area contributed by atoms with E-state index in [1.807, 2.05) is 24.8 Å². The summed E-state index contributed by atoms with van der Waals surface area (Å²) in [5.41, 5.74) is 4.33. The Morgan fingerprint density at radius 3 is 2.40 bits per heavy atom. The minimum atomic E-state index is 0.167. The zero-order valence-electron chi connectivity index (χ0n) is 21.8. The molecule has 1 aromatic carbocycles. The van der Waals surface area contributed by atoms with E-state index in [1.54, 1.807) is 0 Å². The van der Waals surface area contributed by atoms with Crippen molar-refractivity contribution in [2.24, 2.45) is 0 Å². The van der Waals surface area contributed by atoms with Gasteiger partial charge in [0, 0.05) is 44.4 Å². The standard InChI is InChI=1S/C28H43N7/c1-4-14-33(15-5-2)16-6-7-17-34-20-25-9-8-24(18-26(25)21-34)19-35(22-27-29-10-11-30-27)23(3)28-31-12-13-32-28/h8-13,18,23H,4-7,14-17,19-22H2,1-3H3,(H,29,30)(H,31,32). The number of hydrogen-bond donors (Lipinski definition) is 2. The molecule has 1 unspecified atom stereocenters. The predicted octanol–water partition coefficient (Wildman–Crippen LogP) is 5.11. The summed E-state index contributed by atoms with van der Waals surface area (Å²) >= 11 is 0. The van der Waals surface area contributed by atoms with Crippen molar-refractivity contribution in [2.75, 3.05) is 26.2 Å². The summed E-state index contributed by atoms with van der Waals surface area (Å²) in [4.78, 5) is 23.2. The number of H-pyrrole nitrogens is 2. The van der Waals surface area contributed by atoms with Crippen LogP contribution < -0.4 is 0 Å². The van der Waals surface area contributed by atoms with E-state index in [-0.39, 0.29) is 6.04 Å². The molecule has 0 aliphatic carbocycles. The van der Waals surface area contributed by atoms with Crippen LogP contribution in [0.2, 0.25) is 0 Å². The minimum absolute atomic E-state index is 0.167. The maximum absolute atomic E-state index is 4.51. The molecule has 1 atom stereocenters. The van der Waals surface area contributed by atoms with E-state index in [1.165, 1.54) is 68.6 Å². The number of nitrogens with zero attached hydrogens (tertiary/aromatic N) is 5. The van der Waals surface area contributed by atoms with Crippen LogP contribution in [0.4, 0.5) is 0 Å². The second kappa shape index (κ2) is 13.0. The van der Waals surface area contributed by atoms with Crippen molar-refractivity contribution in [1.29, 1.82) is 0 Å². The molecule has 0 spiro atoms. The van der Waals surface area contributed by atoms with Gasteiger partial charge in [-0.05, 0) is 75.5 Å². The lowest BCUT2D eigenvalue weighted by atomic mass is 10.1. The van der Waals surface area contributed by atoms with E-state index in [9.17, 15) is 0 Å². The van der Waals surface area contributed by atoms with Crippen LogP contribution >= 0.6 is 0 Å². The molecular weight excluding hydrogens is 434 g/mol. The lowest BCUT2D eigenvalue weighted by Gasteiger charge is -2.27. The van der Waals surface area contributed by atoms with Crippen LogP contribution in [0.3, 0.4) is 0 Å². The summed E-state index contributed by atoms with van der Waals surface area (Å²) in [6, 6.07) is 7.24. The van der Waals surface area contributed by atoms with Crippen LogP contribution in [0.1, 0.15) is 80.8 Å². The second-order valence-electron chi connectivity index (χ2n) is 9.95. The largest absolute Gasteiger partial charge is 0.348 e. The number of aromatic amines is 2. The maximum atomic E-state index is 4.51. The van der Waals surface area contributed by atoms with E-state index in [2.05, 4.69) is 73.6 Å². The number of aromatic nitrogens is 4. The van der Waals surface area contributed by atoms with E-state index in [4.69, 9.17) is 0 Å². The van der Waals surface area contributed by atoms with Gasteiger partial charge in [0.15, 0.2) is 0 Å². The highest BCUT2D eigenvalue weighted by Crippen LogP contribution is 2.27. The lowest BCUT2D eigenvalue weighted by molar-refractivity contribution is 0.181. The van der Waals surface area contributed by atoms with Gasteiger partial charge in [0.05, 0.1) is 12.6 Å². The van der Waals surface area contributed by atoms with Crippen molar-refractivity contribution in [1.82, 2.24) is 34.6 Å². The Balaban J connectivity index is 1.32. The average Bonchev–Trinajstić information content (AvgIpc) is 3.63. The fourth-order valence-corrected chi connectivity index (χ4v) is 5.23. The van der Waals surface area contributed by atoms with E-state index in [0.29, 0.717) is 0 Å². The second-order valence-corrected chi connectivity index (χ2v) is 9.95. The number of fused-ring (bicyclic) bond motifs is 1. The fourth-order valence-electron chi connectivity index (χ4n) is 5.23. The van der Waals surface area contributed by atoms with Crippen molar-refractivity contribution in [3.8, 4) is 0 Å². The molecule has 0 fully saturated rings. The fraction of sp³-hybridized carbons (Fsp3) is 0.571. The normalized spacial score (nSPS) is 14.8. The first-order valence-electron chi connectivity index (χ1n) is 13.4. The van der Waals surface area contributed by atoms with Gasteiger partial charge in [0.25, 0.3) is 0 Å². The van der Waals surface area contributed by atoms with Gasteiger partial charge >= 0.3 is 0 Å². The predicted molar refractivity (Wildman–Crippen MR) is 142 cm³/mol. The highest BCUT2D eigenvalue weighted by molar-refractivity contribution is 5.35. The van der Waals surface area contributed by atoms with E-state index in [0.717, 1.165) is 37.8 Å². The van der Waals surface area contributed by atoms with Crippen molar-refractivity contribution >= 4 is 0 Å². The quantitative estimate of drug-likeness (QED) is 0.298.